The zero-order chi connectivity index (χ0) is 27.4. The van der Waals surface area contributed by atoms with Gasteiger partial charge >= 0.3 is 11.9 Å². The first-order chi connectivity index (χ1) is 17.9. The number of hydrogen-bond acceptors (Lipinski definition) is 6. The maximum atomic E-state index is 11.7. The van der Waals surface area contributed by atoms with E-state index in [9.17, 15) is 9.59 Å². The number of carbonyl (C=O) groups excluding carboxylic acids is 2. The average molecular weight is 530 g/mol. The molecule has 4 fully saturated rings. The van der Waals surface area contributed by atoms with Gasteiger partial charge in [0.25, 0.3) is 0 Å². The van der Waals surface area contributed by atoms with Crippen LogP contribution in [0, 0.1) is 46.3 Å². The first kappa shape index (κ1) is 28.1. The molecule has 0 amide bonds. The van der Waals surface area contributed by atoms with E-state index in [1.807, 2.05) is 0 Å². The molecule has 0 bridgehead atoms. The summed E-state index contributed by atoms with van der Waals surface area (Å²) in [6, 6.07) is -0.562. The van der Waals surface area contributed by atoms with Crippen molar-refractivity contribution < 1.29 is 23.8 Å². The number of esters is 2. The number of hydrogen-bond donors (Lipinski definition) is 1. The van der Waals surface area contributed by atoms with Gasteiger partial charge in [0.05, 0.1) is 18.8 Å². The van der Waals surface area contributed by atoms with Crippen LogP contribution in [0.3, 0.4) is 0 Å². The molecule has 0 aromatic carbocycles. The highest BCUT2D eigenvalue weighted by Gasteiger charge is 2.65. The number of allylic oxidation sites excluding steroid dienone is 1. The molecule has 1 aliphatic heterocycles. The van der Waals surface area contributed by atoms with Crippen LogP contribution >= 0.6 is 0 Å². The van der Waals surface area contributed by atoms with Crippen molar-refractivity contribution in [2.24, 2.45) is 52.1 Å². The minimum atomic E-state index is -0.562. The molecule has 1 saturated heterocycles. The lowest BCUT2D eigenvalue weighted by molar-refractivity contribution is -0.149. The van der Waals surface area contributed by atoms with Gasteiger partial charge in [0, 0.05) is 13.3 Å². The summed E-state index contributed by atoms with van der Waals surface area (Å²) in [6.07, 6.45) is 13.4. The van der Waals surface area contributed by atoms with Gasteiger partial charge in [-0.3, -0.25) is 9.59 Å². The average Bonchev–Trinajstić information content (AvgIpc) is 3.34. The molecule has 6 heteroatoms. The molecular weight excluding hydrogens is 478 g/mol. The van der Waals surface area contributed by atoms with Crippen molar-refractivity contribution in [2.45, 2.75) is 124 Å². The summed E-state index contributed by atoms with van der Waals surface area (Å²) in [6.45, 7) is 13.3. The third-order valence-corrected chi connectivity index (χ3v) is 11.8. The van der Waals surface area contributed by atoms with Crippen molar-refractivity contribution in [1.29, 1.82) is 0 Å². The van der Waals surface area contributed by atoms with E-state index in [1.165, 1.54) is 32.6 Å². The van der Waals surface area contributed by atoms with Gasteiger partial charge in [-0.1, -0.05) is 39.3 Å². The van der Waals surface area contributed by atoms with Crippen LogP contribution in [0.2, 0.25) is 0 Å². The van der Waals surface area contributed by atoms with Crippen molar-refractivity contribution in [2.75, 3.05) is 6.61 Å². The van der Waals surface area contributed by atoms with Crippen LogP contribution in [-0.2, 0) is 23.8 Å². The zero-order valence-electron chi connectivity index (χ0n) is 24.5. The Labute approximate surface area is 229 Å². The summed E-state index contributed by atoms with van der Waals surface area (Å²) in [5.74, 6) is 3.27. The summed E-state index contributed by atoms with van der Waals surface area (Å²) in [5, 5.41) is 0. The van der Waals surface area contributed by atoms with Gasteiger partial charge in [-0.25, -0.2) is 0 Å². The molecule has 0 spiro atoms. The van der Waals surface area contributed by atoms with Crippen molar-refractivity contribution in [3.63, 3.8) is 0 Å². The van der Waals surface area contributed by atoms with Crippen molar-refractivity contribution in [1.82, 2.24) is 0 Å². The van der Waals surface area contributed by atoms with Crippen molar-refractivity contribution in [3.05, 3.63) is 11.6 Å². The molecule has 0 radical (unpaired) electrons. The Morgan fingerprint density at radius 1 is 1.18 bits per heavy atom. The molecule has 12 atom stereocenters. The van der Waals surface area contributed by atoms with Crippen LogP contribution in [0.5, 0.6) is 0 Å². The van der Waals surface area contributed by atoms with E-state index < -0.39 is 6.04 Å². The highest BCUT2D eigenvalue weighted by atomic mass is 16.5. The first-order valence-electron chi connectivity index (χ1n) is 15.4. The minimum absolute atomic E-state index is 0.0632. The van der Waals surface area contributed by atoms with E-state index in [0.29, 0.717) is 42.0 Å². The number of fused-ring (bicyclic) bond motifs is 7. The molecule has 2 N–H and O–H groups in total. The number of ether oxygens (including phenoxy) is 3. The zero-order valence-corrected chi connectivity index (χ0v) is 24.5. The topological polar surface area (TPSA) is 87.9 Å². The maximum Gasteiger partial charge on any atom is 0.322 e. The van der Waals surface area contributed by atoms with E-state index in [1.54, 1.807) is 12.5 Å². The van der Waals surface area contributed by atoms with Crippen molar-refractivity contribution in [3.8, 4) is 0 Å². The fourth-order valence-electron chi connectivity index (χ4n) is 9.87. The predicted octanol–water partition coefficient (Wildman–Crippen LogP) is 5.82. The van der Waals surface area contributed by atoms with Crippen LogP contribution in [0.15, 0.2) is 11.6 Å². The Kier molecular flexibility index (Phi) is 7.80. The lowest BCUT2D eigenvalue weighted by Gasteiger charge is -2.58. The molecule has 5 aliphatic rings. The van der Waals surface area contributed by atoms with E-state index in [2.05, 4.69) is 33.8 Å². The van der Waals surface area contributed by atoms with Crippen LogP contribution in [0.4, 0.5) is 0 Å². The normalized spacial score (nSPS) is 45.1. The Bertz CT molecular complexity index is 946. The Morgan fingerprint density at radius 3 is 2.66 bits per heavy atom. The van der Waals surface area contributed by atoms with Gasteiger partial charge in [0.1, 0.15) is 12.1 Å². The van der Waals surface area contributed by atoms with Gasteiger partial charge in [0.15, 0.2) is 0 Å². The van der Waals surface area contributed by atoms with E-state index in [4.69, 9.17) is 19.9 Å². The van der Waals surface area contributed by atoms with E-state index in [-0.39, 0.29) is 23.5 Å². The Balaban J connectivity index is 1.21. The fourth-order valence-corrected chi connectivity index (χ4v) is 9.87. The lowest BCUT2D eigenvalue weighted by atomic mass is 9.47. The molecular formula is C32H51NO5. The fraction of sp³-hybridized carbons (Fsp3) is 0.875. The van der Waals surface area contributed by atoms with E-state index in [0.717, 1.165) is 49.9 Å². The molecule has 38 heavy (non-hydrogen) atoms. The molecule has 214 valence electrons. The maximum absolute atomic E-state index is 11.7. The lowest BCUT2D eigenvalue weighted by Crippen LogP contribution is -2.51. The third-order valence-electron chi connectivity index (χ3n) is 11.8. The molecule has 3 saturated carbocycles. The standard InChI is InChI=1S/C32H51NO5/c1-18(17-36-30(35)20(3)33)7-10-27-19(2)29-28(38-27)16-26-24-9-8-22-15-23(37-21(4)34)11-13-31(22,5)25(24)12-14-32(26,29)6/h8,18-20,23-29H,7,9-17,33H2,1-6H3/t18-,19-,20+,23+,24-,25+,26+,27-,28+,29+,31+,32+/m1/s1. The van der Waals surface area contributed by atoms with Gasteiger partial charge < -0.3 is 19.9 Å². The van der Waals surface area contributed by atoms with Crippen LogP contribution in [-0.4, -0.2) is 42.9 Å². The molecule has 6 nitrogen and oxygen atoms in total. The number of nitrogens with two attached hydrogens (primary N) is 1. The van der Waals surface area contributed by atoms with Gasteiger partial charge in [-0.05, 0) is 105 Å². The monoisotopic (exact) mass is 529 g/mol. The number of carbonyl (C=O) groups is 2. The quantitative estimate of drug-likeness (QED) is 0.330. The Morgan fingerprint density at radius 2 is 1.95 bits per heavy atom. The second-order valence-electron chi connectivity index (χ2n) is 14.2. The first-order valence-corrected chi connectivity index (χ1v) is 15.4. The summed E-state index contributed by atoms with van der Waals surface area (Å²) >= 11 is 0. The Hall–Kier alpha value is -1.40. The SMILES string of the molecule is CC(=O)O[C@H]1CC[C@@]2(C)C(=CC[C@H]3[C@@H]4C[C@@H]5O[C@H](CC[C@@H](C)COC(=O)[C@H](C)N)[C@@H](C)[C@@H]5[C@@]4(C)CC[C@@H]32)C1. The summed E-state index contributed by atoms with van der Waals surface area (Å²) < 4.78 is 17.8. The summed E-state index contributed by atoms with van der Waals surface area (Å²) in [5.41, 5.74) is 7.79. The second-order valence-corrected chi connectivity index (χ2v) is 14.2. The smallest absolute Gasteiger partial charge is 0.322 e. The number of rotatable bonds is 7. The third kappa shape index (κ3) is 4.87. The molecule has 0 aromatic rings. The highest BCUT2D eigenvalue weighted by Crippen LogP contribution is 2.69. The minimum Gasteiger partial charge on any atom is -0.464 e. The van der Waals surface area contributed by atoms with Gasteiger partial charge in [-0.2, -0.15) is 0 Å². The van der Waals surface area contributed by atoms with Gasteiger partial charge in [0.2, 0.25) is 0 Å². The predicted molar refractivity (Wildman–Crippen MR) is 147 cm³/mol. The molecule has 0 unspecified atom stereocenters. The van der Waals surface area contributed by atoms with Crippen molar-refractivity contribution >= 4 is 11.9 Å². The summed E-state index contributed by atoms with van der Waals surface area (Å²) in [7, 11) is 0. The molecule has 1 heterocycles. The largest absolute Gasteiger partial charge is 0.464 e. The summed E-state index contributed by atoms with van der Waals surface area (Å²) in [4.78, 5) is 23.3. The van der Waals surface area contributed by atoms with Crippen LogP contribution < -0.4 is 5.73 Å². The highest BCUT2D eigenvalue weighted by molar-refractivity contribution is 5.74. The molecule has 4 aliphatic carbocycles. The van der Waals surface area contributed by atoms with Crippen LogP contribution in [0.1, 0.15) is 99.3 Å². The van der Waals surface area contributed by atoms with Gasteiger partial charge in [-0.15, -0.1) is 0 Å². The second kappa shape index (κ2) is 10.5. The van der Waals surface area contributed by atoms with Crippen LogP contribution in [0.25, 0.3) is 0 Å². The molecule has 0 aromatic heterocycles. The van der Waals surface area contributed by atoms with E-state index >= 15 is 0 Å². The molecule has 5 rings (SSSR count).